The van der Waals surface area contributed by atoms with E-state index in [1.54, 1.807) is 30.3 Å². The molecule has 0 atom stereocenters. The summed E-state index contributed by atoms with van der Waals surface area (Å²) in [7, 11) is -3.57. The normalized spacial score (nSPS) is 15.4. The SMILES string of the molecule is Cc1ccc(S(=O)(=O)N2CCCCC2)cc1NC(=O)Cc1c(Cl)cccc1Cl. The van der Waals surface area contributed by atoms with Gasteiger partial charge in [0.05, 0.1) is 11.3 Å². The van der Waals surface area contributed by atoms with Crippen molar-refractivity contribution in [2.45, 2.75) is 37.5 Å². The van der Waals surface area contributed by atoms with E-state index in [1.807, 2.05) is 6.92 Å². The Morgan fingerprint density at radius 3 is 2.36 bits per heavy atom. The summed E-state index contributed by atoms with van der Waals surface area (Å²) in [6.45, 7) is 2.88. The van der Waals surface area contributed by atoms with Crippen LogP contribution in [-0.4, -0.2) is 31.7 Å². The Morgan fingerprint density at radius 2 is 1.71 bits per heavy atom. The molecule has 1 aliphatic rings. The van der Waals surface area contributed by atoms with Gasteiger partial charge in [-0.05, 0) is 55.2 Å². The molecule has 28 heavy (non-hydrogen) atoms. The minimum atomic E-state index is -3.57. The van der Waals surface area contributed by atoms with Gasteiger partial charge in [0.15, 0.2) is 0 Å². The van der Waals surface area contributed by atoms with Gasteiger partial charge < -0.3 is 5.32 Å². The number of halogens is 2. The Balaban J connectivity index is 1.81. The van der Waals surface area contributed by atoms with Gasteiger partial charge in [0, 0.05) is 28.8 Å². The quantitative estimate of drug-likeness (QED) is 0.734. The number of carbonyl (C=O) groups is 1. The van der Waals surface area contributed by atoms with Crippen LogP contribution in [0.25, 0.3) is 0 Å². The van der Waals surface area contributed by atoms with Gasteiger partial charge in [-0.25, -0.2) is 8.42 Å². The first-order chi connectivity index (χ1) is 13.3. The number of amides is 1. The van der Waals surface area contributed by atoms with Gasteiger partial charge in [-0.1, -0.05) is 41.8 Å². The van der Waals surface area contributed by atoms with E-state index in [9.17, 15) is 13.2 Å². The first-order valence-electron chi connectivity index (χ1n) is 9.12. The van der Waals surface area contributed by atoms with Crippen LogP contribution in [-0.2, 0) is 21.2 Å². The molecule has 5 nitrogen and oxygen atoms in total. The molecule has 1 aliphatic heterocycles. The lowest BCUT2D eigenvalue weighted by Crippen LogP contribution is -2.35. The van der Waals surface area contributed by atoms with E-state index in [0.29, 0.717) is 34.4 Å². The zero-order valence-electron chi connectivity index (χ0n) is 15.5. The zero-order valence-corrected chi connectivity index (χ0v) is 17.9. The molecule has 0 bridgehead atoms. The number of nitrogens with zero attached hydrogens (tertiary/aromatic N) is 1. The van der Waals surface area contributed by atoms with Crippen molar-refractivity contribution in [1.82, 2.24) is 4.31 Å². The number of nitrogens with one attached hydrogen (secondary N) is 1. The second-order valence-corrected chi connectivity index (χ2v) is 9.62. The Hall–Kier alpha value is -1.60. The van der Waals surface area contributed by atoms with Gasteiger partial charge >= 0.3 is 0 Å². The van der Waals surface area contributed by atoms with Crippen molar-refractivity contribution in [3.63, 3.8) is 0 Å². The smallest absolute Gasteiger partial charge is 0.243 e. The summed E-state index contributed by atoms with van der Waals surface area (Å²) in [6, 6.07) is 9.87. The maximum Gasteiger partial charge on any atom is 0.243 e. The highest BCUT2D eigenvalue weighted by Gasteiger charge is 2.26. The highest BCUT2D eigenvalue weighted by atomic mass is 35.5. The fourth-order valence-corrected chi connectivity index (χ4v) is 5.28. The molecule has 0 aliphatic carbocycles. The van der Waals surface area contributed by atoms with Crippen LogP contribution in [0.1, 0.15) is 30.4 Å². The van der Waals surface area contributed by atoms with Crippen molar-refractivity contribution in [1.29, 1.82) is 0 Å². The van der Waals surface area contributed by atoms with E-state index >= 15 is 0 Å². The number of benzene rings is 2. The van der Waals surface area contributed by atoms with Gasteiger partial charge in [0.25, 0.3) is 0 Å². The molecule has 0 radical (unpaired) electrons. The summed E-state index contributed by atoms with van der Waals surface area (Å²) < 4.78 is 27.3. The number of piperidine rings is 1. The summed E-state index contributed by atoms with van der Waals surface area (Å²) in [4.78, 5) is 12.7. The molecule has 0 aromatic heterocycles. The van der Waals surface area contributed by atoms with Crippen molar-refractivity contribution in [3.8, 4) is 0 Å². The summed E-state index contributed by atoms with van der Waals surface area (Å²) in [5.74, 6) is -0.314. The third-order valence-electron chi connectivity index (χ3n) is 4.83. The molecule has 0 unspecified atom stereocenters. The van der Waals surface area contributed by atoms with Crippen LogP contribution in [0.3, 0.4) is 0 Å². The van der Waals surface area contributed by atoms with Gasteiger partial charge in [0.1, 0.15) is 0 Å². The zero-order chi connectivity index (χ0) is 20.3. The van der Waals surface area contributed by atoms with E-state index in [-0.39, 0.29) is 17.2 Å². The maximum atomic E-state index is 12.9. The van der Waals surface area contributed by atoms with Crippen LogP contribution in [0.2, 0.25) is 10.0 Å². The number of hydrogen-bond acceptors (Lipinski definition) is 3. The van der Waals surface area contributed by atoms with Crippen LogP contribution in [0.5, 0.6) is 0 Å². The minimum absolute atomic E-state index is 0.00104. The van der Waals surface area contributed by atoms with E-state index in [0.717, 1.165) is 24.8 Å². The predicted molar refractivity (Wildman–Crippen MR) is 113 cm³/mol. The minimum Gasteiger partial charge on any atom is -0.326 e. The van der Waals surface area contributed by atoms with Gasteiger partial charge in [-0.3, -0.25) is 4.79 Å². The summed E-state index contributed by atoms with van der Waals surface area (Å²) in [6.07, 6.45) is 2.79. The number of carbonyl (C=O) groups excluding carboxylic acids is 1. The lowest BCUT2D eigenvalue weighted by Gasteiger charge is -2.26. The van der Waals surface area contributed by atoms with Crippen molar-refractivity contribution in [2.75, 3.05) is 18.4 Å². The molecule has 0 spiro atoms. The molecular weight excluding hydrogens is 419 g/mol. The molecule has 8 heteroatoms. The molecular formula is C20H22Cl2N2O3S. The van der Waals surface area contributed by atoms with Gasteiger partial charge in [0.2, 0.25) is 15.9 Å². The first kappa shape index (κ1) is 21.1. The largest absolute Gasteiger partial charge is 0.326 e. The Morgan fingerprint density at radius 1 is 1.07 bits per heavy atom. The third-order valence-corrected chi connectivity index (χ3v) is 7.44. The molecule has 1 N–H and O–H groups in total. The molecule has 150 valence electrons. The average molecular weight is 441 g/mol. The molecule has 1 amide bonds. The van der Waals surface area contributed by atoms with E-state index in [4.69, 9.17) is 23.2 Å². The molecule has 1 saturated heterocycles. The van der Waals surface area contributed by atoms with Crippen molar-refractivity contribution in [2.24, 2.45) is 0 Å². The van der Waals surface area contributed by atoms with Crippen LogP contribution >= 0.6 is 23.2 Å². The van der Waals surface area contributed by atoms with Gasteiger partial charge in [-0.15, -0.1) is 0 Å². The number of aryl methyl sites for hydroxylation is 1. The summed E-state index contributed by atoms with van der Waals surface area (Å²) >= 11 is 12.3. The number of anilines is 1. The Bertz CT molecular complexity index is 967. The predicted octanol–water partition coefficient (Wildman–Crippen LogP) is 4.66. The van der Waals surface area contributed by atoms with Crippen LogP contribution in [0.4, 0.5) is 5.69 Å². The van der Waals surface area contributed by atoms with Crippen molar-refractivity contribution < 1.29 is 13.2 Å². The van der Waals surface area contributed by atoms with Crippen LogP contribution < -0.4 is 5.32 Å². The van der Waals surface area contributed by atoms with Crippen molar-refractivity contribution in [3.05, 3.63) is 57.6 Å². The fraction of sp³-hybridized carbons (Fsp3) is 0.350. The molecule has 3 rings (SSSR count). The topological polar surface area (TPSA) is 66.5 Å². The number of sulfonamides is 1. The highest BCUT2D eigenvalue weighted by Crippen LogP contribution is 2.27. The maximum absolute atomic E-state index is 12.9. The second kappa shape index (κ2) is 8.82. The average Bonchev–Trinajstić information content (AvgIpc) is 2.67. The molecule has 1 heterocycles. The highest BCUT2D eigenvalue weighted by molar-refractivity contribution is 7.89. The third kappa shape index (κ3) is 4.69. The fourth-order valence-electron chi connectivity index (χ4n) is 3.21. The lowest BCUT2D eigenvalue weighted by molar-refractivity contribution is -0.115. The first-order valence-corrected chi connectivity index (χ1v) is 11.3. The number of rotatable bonds is 5. The van der Waals surface area contributed by atoms with Crippen LogP contribution in [0.15, 0.2) is 41.3 Å². The van der Waals surface area contributed by atoms with Crippen LogP contribution in [0, 0.1) is 6.92 Å². The Labute approximate surface area is 175 Å². The monoisotopic (exact) mass is 440 g/mol. The standard InChI is InChI=1S/C20H22Cl2N2O3S/c1-14-8-9-15(28(26,27)24-10-3-2-4-11-24)12-19(14)23-20(25)13-16-17(21)6-5-7-18(16)22/h5-9,12H,2-4,10-11,13H2,1H3,(H,23,25). The molecule has 0 saturated carbocycles. The Kier molecular flexibility index (Phi) is 6.65. The lowest BCUT2D eigenvalue weighted by atomic mass is 10.1. The van der Waals surface area contributed by atoms with E-state index in [1.165, 1.54) is 10.4 Å². The second-order valence-electron chi connectivity index (χ2n) is 6.87. The number of hydrogen-bond donors (Lipinski definition) is 1. The summed E-state index contributed by atoms with van der Waals surface area (Å²) in [5.41, 5.74) is 1.78. The van der Waals surface area contributed by atoms with E-state index < -0.39 is 10.0 Å². The molecule has 2 aromatic rings. The molecule has 2 aromatic carbocycles. The van der Waals surface area contributed by atoms with E-state index in [2.05, 4.69) is 5.32 Å². The molecule has 1 fully saturated rings. The summed E-state index contributed by atoms with van der Waals surface area (Å²) in [5, 5.41) is 3.62. The van der Waals surface area contributed by atoms with Gasteiger partial charge in [-0.2, -0.15) is 4.31 Å². The van der Waals surface area contributed by atoms with Crippen molar-refractivity contribution >= 4 is 44.8 Å².